The number of nitrogens with zero attached hydrogens (tertiary/aromatic N) is 4. The molecule has 162 valence electrons. The molecule has 0 saturated carbocycles. The average Bonchev–Trinajstić information content (AvgIpc) is 3.00. The van der Waals surface area contributed by atoms with Gasteiger partial charge in [0.2, 0.25) is 0 Å². The second-order valence-electron chi connectivity index (χ2n) is 7.73. The van der Waals surface area contributed by atoms with E-state index in [4.69, 9.17) is 4.74 Å². The van der Waals surface area contributed by atoms with Gasteiger partial charge in [-0.25, -0.2) is 4.79 Å². The van der Waals surface area contributed by atoms with Crippen LogP contribution in [0.5, 0.6) is 5.75 Å². The van der Waals surface area contributed by atoms with Crippen molar-refractivity contribution in [2.75, 3.05) is 16.8 Å². The van der Waals surface area contributed by atoms with Crippen molar-refractivity contribution in [3.05, 3.63) is 65.7 Å². The fraction of sp³-hybridized carbons (Fsp3) is 0.375. The van der Waals surface area contributed by atoms with Gasteiger partial charge in [0, 0.05) is 18.7 Å². The number of anilines is 2. The van der Waals surface area contributed by atoms with Gasteiger partial charge in [-0.15, -0.1) is 10.2 Å². The second kappa shape index (κ2) is 9.64. The molecule has 0 fully saturated rings. The predicted molar refractivity (Wildman–Crippen MR) is 122 cm³/mol. The molecule has 2 amide bonds. The van der Waals surface area contributed by atoms with Crippen molar-refractivity contribution in [2.24, 2.45) is 0 Å². The molecule has 2 heterocycles. The number of para-hydroxylation sites is 3. The van der Waals surface area contributed by atoms with Crippen LogP contribution in [0.4, 0.5) is 16.2 Å². The highest BCUT2D eigenvalue weighted by Gasteiger charge is 2.24. The lowest BCUT2D eigenvalue weighted by Crippen LogP contribution is -2.36. The monoisotopic (exact) mass is 419 g/mol. The summed E-state index contributed by atoms with van der Waals surface area (Å²) in [4.78, 5) is 15.2. The first-order chi connectivity index (χ1) is 15.2. The minimum absolute atomic E-state index is 0.229. The standard InChI is InChI=1S/C24H29N5O2/c1-3-31-21-14-9-8-13-20(21)29(24(30)25-19-12-7-6-11-18(19)2)17-23-27-26-22-15-5-4-10-16-28(22)23/h6-9,11-14H,3-5,10,15-17H2,1-2H3,(H,25,30). The molecule has 0 unspecified atom stereocenters. The quantitative estimate of drug-likeness (QED) is 0.614. The van der Waals surface area contributed by atoms with Gasteiger partial charge >= 0.3 is 6.03 Å². The minimum Gasteiger partial charge on any atom is -0.492 e. The van der Waals surface area contributed by atoms with Crippen molar-refractivity contribution in [2.45, 2.75) is 52.6 Å². The number of aryl methyl sites for hydroxylation is 2. The molecule has 0 radical (unpaired) electrons. The molecule has 7 nitrogen and oxygen atoms in total. The Hall–Kier alpha value is -3.35. The molecule has 0 atom stereocenters. The van der Waals surface area contributed by atoms with E-state index in [1.54, 1.807) is 4.90 Å². The molecule has 31 heavy (non-hydrogen) atoms. The molecule has 7 heteroatoms. The van der Waals surface area contributed by atoms with Gasteiger partial charge < -0.3 is 14.6 Å². The summed E-state index contributed by atoms with van der Waals surface area (Å²) in [6.07, 6.45) is 4.34. The maximum Gasteiger partial charge on any atom is 0.326 e. The molecule has 0 bridgehead atoms. The maximum absolute atomic E-state index is 13.5. The van der Waals surface area contributed by atoms with Crippen molar-refractivity contribution >= 4 is 17.4 Å². The van der Waals surface area contributed by atoms with E-state index >= 15 is 0 Å². The van der Waals surface area contributed by atoms with E-state index in [0.29, 0.717) is 24.6 Å². The Morgan fingerprint density at radius 2 is 1.90 bits per heavy atom. The first-order valence-electron chi connectivity index (χ1n) is 10.9. The number of carbonyl (C=O) groups excluding carboxylic acids is 1. The second-order valence-corrected chi connectivity index (χ2v) is 7.73. The number of carbonyl (C=O) groups is 1. The van der Waals surface area contributed by atoms with Crippen LogP contribution in [0, 0.1) is 6.92 Å². The van der Waals surface area contributed by atoms with Gasteiger partial charge in [-0.1, -0.05) is 36.8 Å². The highest BCUT2D eigenvalue weighted by Crippen LogP contribution is 2.30. The molecule has 0 saturated heterocycles. The number of fused-ring (bicyclic) bond motifs is 1. The third-order valence-electron chi connectivity index (χ3n) is 5.57. The Balaban J connectivity index is 1.69. The maximum atomic E-state index is 13.5. The number of amides is 2. The Morgan fingerprint density at radius 3 is 2.74 bits per heavy atom. The Kier molecular flexibility index (Phi) is 6.50. The van der Waals surface area contributed by atoms with Gasteiger partial charge in [0.25, 0.3) is 0 Å². The van der Waals surface area contributed by atoms with Crippen LogP contribution in [0.1, 0.15) is 43.4 Å². The van der Waals surface area contributed by atoms with E-state index in [1.807, 2.05) is 62.4 Å². The lowest BCUT2D eigenvalue weighted by atomic mass is 10.2. The van der Waals surface area contributed by atoms with E-state index in [1.165, 1.54) is 6.42 Å². The van der Waals surface area contributed by atoms with Gasteiger partial charge in [0.05, 0.1) is 18.8 Å². The zero-order valence-corrected chi connectivity index (χ0v) is 18.2. The van der Waals surface area contributed by atoms with E-state index in [0.717, 1.165) is 48.7 Å². The fourth-order valence-corrected chi connectivity index (χ4v) is 3.92. The van der Waals surface area contributed by atoms with Crippen LogP contribution in [0.2, 0.25) is 0 Å². The van der Waals surface area contributed by atoms with Crippen molar-refractivity contribution in [1.82, 2.24) is 14.8 Å². The molecule has 1 aliphatic rings. The Labute approximate surface area is 183 Å². The van der Waals surface area contributed by atoms with Crippen LogP contribution in [0.15, 0.2) is 48.5 Å². The summed E-state index contributed by atoms with van der Waals surface area (Å²) in [5, 5.41) is 11.9. The number of aromatic nitrogens is 3. The molecule has 2 aromatic carbocycles. The first-order valence-corrected chi connectivity index (χ1v) is 10.9. The Morgan fingerprint density at radius 1 is 1.10 bits per heavy atom. The lowest BCUT2D eigenvalue weighted by molar-refractivity contribution is 0.256. The van der Waals surface area contributed by atoms with Crippen LogP contribution in [-0.4, -0.2) is 27.4 Å². The highest BCUT2D eigenvalue weighted by atomic mass is 16.5. The minimum atomic E-state index is -0.229. The number of hydrogen-bond acceptors (Lipinski definition) is 4. The summed E-state index contributed by atoms with van der Waals surface area (Å²) in [6.45, 7) is 5.64. The van der Waals surface area contributed by atoms with Crippen molar-refractivity contribution < 1.29 is 9.53 Å². The normalized spacial score (nSPS) is 13.2. The van der Waals surface area contributed by atoms with Gasteiger partial charge in [0.1, 0.15) is 11.6 Å². The number of ether oxygens (including phenoxy) is 1. The van der Waals surface area contributed by atoms with Gasteiger partial charge in [-0.3, -0.25) is 4.90 Å². The molecule has 1 N–H and O–H groups in total. The largest absolute Gasteiger partial charge is 0.492 e. The van der Waals surface area contributed by atoms with E-state index in [9.17, 15) is 4.79 Å². The summed E-state index contributed by atoms with van der Waals surface area (Å²) >= 11 is 0. The zero-order valence-electron chi connectivity index (χ0n) is 18.2. The number of benzene rings is 2. The molecule has 4 rings (SSSR count). The van der Waals surface area contributed by atoms with Crippen molar-refractivity contribution in [3.8, 4) is 5.75 Å². The average molecular weight is 420 g/mol. The van der Waals surface area contributed by atoms with Gasteiger partial charge in [-0.2, -0.15) is 0 Å². The summed E-state index contributed by atoms with van der Waals surface area (Å²) in [6, 6.07) is 15.1. The molecular weight excluding hydrogens is 390 g/mol. The summed E-state index contributed by atoms with van der Waals surface area (Å²) in [7, 11) is 0. The number of nitrogens with one attached hydrogen (secondary N) is 1. The predicted octanol–water partition coefficient (Wildman–Crippen LogP) is 4.95. The van der Waals surface area contributed by atoms with Crippen LogP contribution in [0.25, 0.3) is 0 Å². The van der Waals surface area contributed by atoms with Gasteiger partial charge in [-0.05, 0) is 50.5 Å². The van der Waals surface area contributed by atoms with E-state index in [-0.39, 0.29) is 6.03 Å². The third kappa shape index (κ3) is 4.71. The Bertz CT molecular complexity index is 1050. The van der Waals surface area contributed by atoms with Crippen LogP contribution < -0.4 is 15.0 Å². The summed E-state index contributed by atoms with van der Waals surface area (Å²) < 4.78 is 8.00. The zero-order chi connectivity index (χ0) is 21.6. The first kappa shape index (κ1) is 20.9. The molecule has 0 spiro atoms. The number of rotatable bonds is 6. The van der Waals surface area contributed by atoms with Crippen LogP contribution in [-0.2, 0) is 19.5 Å². The SMILES string of the molecule is CCOc1ccccc1N(Cc1nnc2n1CCCCC2)C(=O)Nc1ccccc1C. The molecule has 3 aromatic rings. The lowest BCUT2D eigenvalue weighted by Gasteiger charge is -2.25. The fourth-order valence-electron chi connectivity index (χ4n) is 3.92. The van der Waals surface area contributed by atoms with Crippen LogP contribution >= 0.6 is 0 Å². The van der Waals surface area contributed by atoms with E-state index in [2.05, 4.69) is 20.1 Å². The molecule has 1 aromatic heterocycles. The third-order valence-corrected chi connectivity index (χ3v) is 5.57. The molecule has 0 aliphatic carbocycles. The van der Waals surface area contributed by atoms with Crippen molar-refractivity contribution in [1.29, 1.82) is 0 Å². The van der Waals surface area contributed by atoms with Gasteiger partial charge in [0.15, 0.2) is 5.82 Å². The number of urea groups is 1. The molecular formula is C24H29N5O2. The smallest absolute Gasteiger partial charge is 0.326 e. The highest BCUT2D eigenvalue weighted by molar-refractivity contribution is 6.02. The molecule has 1 aliphatic heterocycles. The number of hydrogen-bond donors (Lipinski definition) is 1. The summed E-state index contributed by atoms with van der Waals surface area (Å²) in [5.74, 6) is 2.47. The van der Waals surface area contributed by atoms with Crippen LogP contribution in [0.3, 0.4) is 0 Å². The topological polar surface area (TPSA) is 72.3 Å². The van der Waals surface area contributed by atoms with E-state index < -0.39 is 0 Å². The summed E-state index contributed by atoms with van der Waals surface area (Å²) in [5.41, 5.74) is 2.50. The van der Waals surface area contributed by atoms with Crippen molar-refractivity contribution in [3.63, 3.8) is 0 Å².